The molecule has 2 aromatic rings. The monoisotopic (exact) mass is 440 g/mol. The van der Waals surface area contributed by atoms with Crippen LogP contribution in [0.1, 0.15) is 77.2 Å². The minimum atomic E-state index is -1.03. The van der Waals surface area contributed by atoms with Crippen LogP contribution in [0.25, 0.3) is 11.4 Å². The van der Waals surface area contributed by atoms with E-state index < -0.39 is 8.07 Å². The van der Waals surface area contributed by atoms with E-state index in [4.69, 9.17) is 4.74 Å². The lowest BCUT2D eigenvalue weighted by molar-refractivity contribution is 0.316. The number of aromatic nitrogens is 2. The third kappa shape index (κ3) is 10.5. The van der Waals surface area contributed by atoms with Gasteiger partial charge in [0.05, 0.1) is 6.61 Å². The molecule has 0 radical (unpaired) electrons. The van der Waals surface area contributed by atoms with E-state index in [9.17, 15) is 0 Å². The van der Waals surface area contributed by atoms with E-state index in [0.717, 1.165) is 36.6 Å². The van der Waals surface area contributed by atoms with Crippen LogP contribution in [0.3, 0.4) is 0 Å². The van der Waals surface area contributed by atoms with E-state index in [1.54, 1.807) is 0 Å². The summed E-state index contributed by atoms with van der Waals surface area (Å²) in [5.74, 6) is 1.73. The molecule has 1 aromatic carbocycles. The number of hydrogen-bond donors (Lipinski definition) is 0. The Balaban J connectivity index is 1.72. The maximum atomic E-state index is 5.98. The number of hydrogen-bond acceptors (Lipinski definition) is 3. The third-order valence-corrected chi connectivity index (χ3v) is 9.52. The van der Waals surface area contributed by atoms with Gasteiger partial charge < -0.3 is 4.74 Å². The van der Waals surface area contributed by atoms with Gasteiger partial charge in [0, 0.05) is 26.0 Å². The quantitative estimate of drug-likeness (QED) is 0.194. The summed E-state index contributed by atoms with van der Waals surface area (Å²) in [5, 5.41) is 0. The second-order valence-corrected chi connectivity index (χ2v) is 15.0. The van der Waals surface area contributed by atoms with Crippen molar-refractivity contribution in [2.24, 2.45) is 0 Å². The predicted octanol–water partition coefficient (Wildman–Crippen LogP) is 8.32. The molecule has 0 aliphatic carbocycles. The SMILES string of the molecule is CCCCCCCCc1cnc(-c2ccc(OCCC[Si](C)(C)CCCC)cc2)nc1. The molecule has 0 atom stereocenters. The largest absolute Gasteiger partial charge is 0.494 e. The van der Waals surface area contributed by atoms with Crippen LogP contribution in [0.2, 0.25) is 25.2 Å². The molecule has 3 nitrogen and oxygen atoms in total. The molecular weight excluding hydrogens is 396 g/mol. The Morgan fingerprint density at radius 3 is 2.03 bits per heavy atom. The molecule has 0 fully saturated rings. The summed E-state index contributed by atoms with van der Waals surface area (Å²) in [6.07, 6.45) is 16.8. The first-order valence-electron chi connectivity index (χ1n) is 12.6. The summed E-state index contributed by atoms with van der Waals surface area (Å²) in [7, 11) is -1.03. The Bertz CT molecular complexity index is 713. The van der Waals surface area contributed by atoms with E-state index in [1.165, 1.54) is 69.0 Å². The molecule has 0 N–H and O–H groups in total. The second kappa shape index (κ2) is 14.4. The molecular formula is C27H44N2OSi. The fourth-order valence-electron chi connectivity index (χ4n) is 3.96. The minimum absolute atomic E-state index is 0.793. The van der Waals surface area contributed by atoms with Gasteiger partial charge in [-0.15, -0.1) is 0 Å². The normalized spacial score (nSPS) is 11.6. The Morgan fingerprint density at radius 1 is 0.742 bits per heavy atom. The number of benzene rings is 1. The molecule has 1 aromatic heterocycles. The van der Waals surface area contributed by atoms with Gasteiger partial charge in [-0.3, -0.25) is 0 Å². The van der Waals surface area contributed by atoms with Crippen LogP contribution >= 0.6 is 0 Å². The van der Waals surface area contributed by atoms with Crippen molar-refractivity contribution in [1.29, 1.82) is 0 Å². The first kappa shape index (κ1) is 25.6. The smallest absolute Gasteiger partial charge is 0.159 e. The fourth-order valence-corrected chi connectivity index (χ4v) is 6.63. The molecule has 0 bridgehead atoms. The highest BCUT2D eigenvalue weighted by Gasteiger charge is 2.18. The molecule has 4 heteroatoms. The summed E-state index contributed by atoms with van der Waals surface area (Å²) in [5.41, 5.74) is 2.29. The molecule has 172 valence electrons. The van der Waals surface area contributed by atoms with Gasteiger partial charge in [0.15, 0.2) is 5.82 Å². The molecule has 31 heavy (non-hydrogen) atoms. The summed E-state index contributed by atoms with van der Waals surface area (Å²) in [6, 6.07) is 11.0. The summed E-state index contributed by atoms with van der Waals surface area (Å²) in [6.45, 7) is 10.4. The van der Waals surface area contributed by atoms with E-state index in [2.05, 4.69) is 49.0 Å². The molecule has 0 unspecified atom stereocenters. The maximum Gasteiger partial charge on any atom is 0.159 e. The van der Waals surface area contributed by atoms with Crippen LogP contribution in [0.4, 0.5) is 0 Å². The number of unbranched alkanes of at least 4 members (excludes halogenated alkanes) is 6. The lowest BCUT2D eigenvalue weighted by Gasteiger charge is -2.22. The van der Waals surface area contributed by atoms with Crippen molar-refractivity contribution in [2.45, 2.75) is 103 Å². The molecule has 0 aliphatic rings. The van der Waals surface area contributed by atoms with Gasteiger partial charge in [-0.2, -0.15) is 0 Å². The lowest BCUT2D eigenvalue weighted by Crippen LogP contribution is -2.25. The van der Waals surface area contributed by atoms with Crippen molar-refractivity contribution in [3.8, 4) is 17.1 Å². The van der Waals surface area contributed by atoms with E-state index in [1.807, 2.05) is 24.5 Å². The van der Waals surface area contributed by atoms with Crippen LogP contribution < -0.4 is 4.74 Å². The average molecular weight is 441 g/mol. The fraction of sp³-hybridized carbons (Fsp3) is 0.630. The summed E-state index contributed by atoms with van der Waals surface area (Å²) >= 11 is 0. The van der Waals surface area contributed by atoms with Gasteiger partial charge in [-0.1, -0.05) is 84.0 Å². The van der Waals surface area contributed by atoms with Gasteiger partial charge >= 0.3 is 0 Å². The maximum absolute atomic E-state index is 5.98. The van der Waals surface area contributed by atoms with Gasteiger partial charge in [0.2, 0.25) is 0 Å². The molecule has 0 saturated carbocycles. The van der Waals surface area contributed by atoms with Crippen molar-refractivity contribution in [1.82, 2.24) is 9.97 Å². The summed E-state index contributed by atoms with van der Waals surface area (Å²) in [4.78, 5) is 9.17. The molecule has 0 saturated heterocycles. The summed E-state index contributed by atoms with van der Waals surface area (Å²) < 4.78 is 5.98. The predicted molar refractivity (Wildman–Crippen MR) is 137 cm³/mol. The number of ether oxygens (including phenoxy) is 1. The van der Waals surface area contributed by atoms with Crippen molar-refractivity contribution in [2.75, 3.05) is 6.61 Å². The van der Waals surface area contributed by atoms with Crippen LogP contribution in [0.5, 0.6) is 5.75 Å². The van der Waals surface area contributed by atoms with Crippen molar-refractivity contribution >= 4 is 8.07 Å². The highest BCUT2D eigenvalue weighted by molar-refractivity contribution is 6.77. The lowest BCUT2D eigenvalue weighted by atomic mass is 10.1. The second-order valence-electron chi connectivity index (χ2n) is 9.68. The van der Waals surface area contributed by atoms with E-state index in [0.29, 0.717) is 0 Å². The van der Waals surface area contributed by atoms with Crippen molar-refractivity contribution in [3.05, 3.63) is 42.2 Å². The number of nitrogens with zero attached hydrogens (tertiary/aromatic N) is 2. The zero-order chi connectivity index (χ0) is 22.4. The Morgan fingerprint density at radius 2 is 1.35 bits per heavy atom. The van der Waals surface area contributed by atoms with Gasteiger partial charge in [0.1, 0.15) is 5.75 Å². The zero-order valence-corrected chi connectivity index (χ0v) is 21.5. The highest BCUT2D eigenvalue weighted by Crippen LogP contribution is 2.22. The topological polar surface area (TPSA) is 35.0 Å². The minimum Gasteiger partial charge on any atom is -0.494 e. The van der Waals surface area contributed by atoms with Crippen LogP contribution in [0.15, 0.2) is 36.7 Å². The zero-order valence-electron chi connectivity index (χ0n) is 20.5. The van der Waals surface area contributed by atoms with Gasteiger partial charge in [-0.05, 0) is 49.1 Å². The molecule has 0 aliphatic heterocycles. The number of aryl methyl sites for hydroxylation is 1. The molecule has 0 amide bonds. The Kier molecular flexibility index (Phi) is 11.9. The first-order chi connectivity index (χ1) is 15.0. The number of rotatable bonds is 16. The van der Waals surface area contributed by atoms with Crippen LogP contribution in [0, 0.1) is 0 Å². The van der Waals surface area contributed by atoms with E-state index in [-0.39, 0.29) is 0 Å². The standard InChI is InChI=1S/C27H44N2OSi/c1-5-7-9-10-11-12-14-24-22-28-27(29-23-24)25-15-17-26(18-16-25)30-19-13-21-31(3,4)20-8-6-2/h15-18,22-23H,5-14,19-21H2,1-4H3. The van der Waals surface area contributed by atoms with Crippen molar-refractivity contribution < 1.29 is 4.74 Å². The third-order valence-electron chi connectivity index (χ3n) is 6.11. The van der Waals surface area contributed by atoms with Gasteiger partial charge in [-0.25, -0.2) is 9.97 Å². The van der Waals surface area contributed by atoms with Crippen molar-refractivity contribution in [3.63, 3.8) is 0 Å². The average Bonchev–Trinajstić information content (AvgIpc) is 2.79. The molecule has 0 spiro atoms. The van der Waals surface area contributed by atoms with E-state index >= 15 is 0 Å². The Hall–Kier alpha value is -1.68. The first-order valence-corrected chi connectivity index (χ1v) is 16.0. The van der Waals surface area contributed by atoms with Crippen LogP contribution in [-0.4, -0.2) is 24.6 Å². The van der Waals surface area contributed by atoms with Crippen LogP contribution in [-0.2, 0) is 6.42 Å². The molecule has 1 heterocycles. The highest BCUT2D eigenvalue weighted by atomic mass is 28.3. The van der Waals surface area contributed by atoms with Gasteiger partial charge in [0.25, 0.3) is 0 Å². The molecule has 2 rings (SSSR count). The Labute approximate surface area is 192 Å².